The number of rotatable bonds is 11. The quantitative estimate of drug-likeness (QED) is 0.267. The molecule has 2 aliphatic rings. The first-order chi connectivity index (χ1) is 18.0. The van der Waals surface area contributed by atoms with Crippen LogP contribution in [0.1, 0.15) is 36.8 Å². The molecule has 0 bridgehead atoms. The number of nitrogens with two attached hydrogens (primary N) is 1. The zero-order chi connectivity index (χ0) is 26.1. The predicted octanol–water partition coefficient (Wildman–Crippen LogP) is 4.54. The largest absolute Gasteiger partial charge is 0.486 e. The lowest BCUT2D eigenvalue weighted by Crippen LogP contribution is -2.46. The summed E-state index contributed by atoms with van der Waals surface area (Å²) in [6.07, 6.45) is -0.819. The van der Waals surface area contributed by atoms with Crippen molar-refractivity contribution in [3.05, 3.63) is 53.6 Å². The molecule has 2 aromatic carbocycles. The van der Waals surface area contributed by atoms with E-state index < -0.39 is 11.7 Å². The van der Waals surface area contributed by atoms with Crippen LogP contribution >= 0.6 is 0 Å². The molecule has 0 aliphatic carbocycles. The summed E-state index contributed by atoms with van der Waals surface area (Å²) in [4.78, 5) is 10.1. The summed E-state index contributed by atoms with van der Waals surface area (Å²) in [6, 6.07) is 11.1. The summed E-state index contributed by atoms with van der Waals surface area (Å²) in [7, 11) is 0. The maximum atomic E-state index is 12.9. The van der Waals surface area contributed by atoms with Gasteiger partial charge in [0, 0.05) is 32.7 Å². The van der Waals surface area contributed by atoms with Gasteiger partial charge in [-0.2, -0.15) is 13.2 Å². The van der Waals surface area contributed by atoms with Crippen LogP contribution in [-0.4, -0.2) is 69.7 Å². The molecule has 0 amide bonds. The zero-order valence-electron chi connectivity index (χ0n) is 21.0. The van der Waals surface area contributed by atoms with E-state index in [1.54, 1.807) is 0 Å². The lowest BCUT2D eigenvalue weighted by molar-refractivity contribution is -0.137. The van der Waals surface area contributed by atoms with Crippen LogP contribution in [0.15, 0.2) is 47.6 Å². The topological polar surface area (TPSA) is 72.6 Å². The number of fused-ring (bicyclic) bond motifs is 1. The molecule has 2 aromatic rings. The molecule has 7 nitrogen and oxygen atoms in total. The van der Waals surface area contributed by atoms with E-state index >= 15 is 0 Å². The van der Waals surface area contributed by atoms with Crippen molar-refractivity contribution < 1.29 is 27.5 Å². The molecule has 2 aliphatic heterocycles. The third-order valence-electron chi connectivity index (χ3n) is 6.58. The molecule has 4 rings (SSSR count). The number of hydrogen-bond donors (Lipinski definition) is 1. The molecule has 2 heterocycles. The van der Waals surface area contributed by atoms with Crippen molar-refractivity contribution in [3.8, 4) is 11.5 Å². The number of halogens is 3. The van der Waals surface area contributed by atoms with E-state index in [2.05, 4.69) is 21.0 Å². The zero-order valence-corrected chi connectivity index (χ0v) is 21.0. The Balaban J connectivity index is 1.21. The molecule has 0 aromatic heterocycles. The average molecular weight is 521 g/mol. The lowest BCUT2D eigenvalue weighted by Gasteiger charge is -2.37. The first-order valence-corrected chi connectivity index (χ1v) is 12.9. The molecule has 1 saturated heterocycles. The summed E-state index contributed by atoms with van der Waals surface area (Å²) >= 11 is 0. The third-order valence-corrected chi connectivity index (χ3v) is 6.58. The van der Waals surface area contributed by atoms with E-state index in [1.165, 1.54) is 12.1 Å². The minimum absolute atomic E-state index is 0.265. The second-order valence-electron chi connectivity index (χ2n) is 9.18. The lowest BCUT2D eigenvalue weighted by atomic mass is 10.0. The van der Waals surface area contributed by atoms with Gasteiger partial charge in [0.15, 0.2) is 11.5 Å². The van der Waals surface area contributed by atoms with E-state index in [1.807, 2.05) is 12.1 Å². The molecule has 0 unspecified atom stereocenters. The smallest absolute Gasteiger partial charge is 0.416 e. The molecule has 1 fully saturated rings. The van der Waals surface area contributed by atoms with Gasteiger partial charge in [0.25, 0.3) is 0 Å². The Kier molecular flexibility index (Phi) is 9.51. The highest BCUT2D eigenvalue weighted by Gasteiger charge is 2.30. The molecule has 0 spiro atoms. The van der Waals surface area contributed by atoms with Gasteiger partial charge in [-0.25, -0.2) is 0 Å². The summed E-state index contributed by atoms with van der Waals surface area (Å²) in [5.41, 5.74) is 7.18. The molecule has 37 heavy (non-hydrogen) atoms. The number of ether oxygens (including phenoxy) is 2. The highest BCUT2D eigenvalue weighted by atomic mass is 19.4. The van der Waals surface area contributed by atoms with Crippen LogP contribution in [-0.2, 0) is 11.0 Å². The number of nitrogens with zero attached hydrogens (tertiary/aromatic N) is 3. The van der Waals surface area contributed by atoms with Crippen LogP contribution < -0.4 is 20.1 Å². The number of anilines is 1. The number of unbranched alkanes of at least 4 members (excludes halogenated alkanes) is 2. The monoisotopic (exact) mass is 520 g/mol. The van der Waals surface area contributed by atoms with Gasteiger partial charge in [0.2, 0.25) is 0 Å². The highest BCUT2D eigenvalue weighted by molar-refractivity contribution is 6.00. The van der Waals surface area contributed by atoms with Gasteiger partial charge in [-0.05, 0) is 55.6 Å². The average Bonchev–Trinajstić information content (AvgIpc) is 2.91. The molecular weight excluding hydrogens is 485 g/mol. The van der Waals surface area contributed by atoms with Gasteiger partial charge < -0.3 is 24.9 Å². The third kappa shape index (κ3) is 7.52. The van der Waals surface area contributed by atoms with Crippen molar-refractivity contribution in [3.63, 3.8) is 0 Å². The molecular formula is C27H35F3N4O3. The molecule has 0 atom stereocenters. The Bertz CT molecular complexity index is 1020. The fourth-order valence-electron chi connectivity index (χ4n) is 4.59. The number of benzene rings is 2. The van der Waals surface area contributed by atoms with Crippen LogP contribution in [0.5, 0.6) is 11.5 Å². The molecule has 0 saturated carbocycles. The Morgan fingerprint density at radius 1 is 0.946 bits per heavy atom. The van der Waals surface area contributed by atoms with E-state index in [4.69, 9.17) is 20.0 Å². The maximum absolute atomic E-state index is 12.9. The van der Waals surface area contributed by atoms with Crippen molar-refractivity contribution in [1.29, 1.82) is 0 Å². The van der Waals surface area contributed by atoms with Crippen molar-refractivity contribution in [1.82, 2.24) is 4.90 Å². The van der Waals surface area contributed by atoms with E-state index in [-0.39, 0.29) is 6.61 Å². The van der Waals surface area contributed by atoms with E-state index in [0.29, 0.717) is 37.5 Å². The minimum atomic E-state index is -4.36. The van der Waals surface area contributed by atoms with E-state index in [0.717, 1.165) is 81.3 Å². The van der Waals surface area contributed by atoms with Gasteiger partial charge >= 0.3 is 6.18 Å². The fourth-order valence-corrected chi connectivity index (χ4v) is 4.59. The molecule has 2 N–H and O–H groups in total. The van der Waals surface area contributed by atoms with Gasteiger partial charge in [-0.3, -0.25) is 4.90 Å². The van der Waals surface area contributed by atoms with Gasteiger partial charge in [0.1, 0.15) is 19.8 Å². The first-order valence-electron chi connectivity index (χ1n) is 12.9. The SMILES string of the molecule is NCCO/N=C(\CCCCCN1CCN(c2cccc3c2OCCO3)CC1)c1ccc(C(F)(F)F)cc1. The van der Waals surface area contributed by atoms with Crippen LogP contribution in [0.2, 0.25) is 0 Å². The fraction of sp³-hybridized carbons (Fsp3) is 0.519. The maximum Gasteiger partial charge on any atom is 0.416 e. The van der Waals surface area contributed by atoms with Crippen LogP contribution in [0, 0.1) is 0 Å². The first kappa shape index (κ1) is 27.1. The van der Waals surface area contributed by atoms with Gasteiger partial charge in [-0.1, -0.05) is 29.8 Å². The molecule has 202 valence electrons. The summed E-state index contributed by atoms with van der Waals surface area (Å²) < 4.78 is 50.3. The summed E-state index contributed by atoms with van der Waals surface area (Å²) in [5, 5.41) is 4.15. The Hall–Kier alpha value is -2.98. The van der Waals surface area contributed by atoms with Crippen LogP contribution in [0.4, 0.5) is 18.9 Å². The Labute approximate surface area is 215 Å². The second-order valence-corrected chi connectivity index (χ2v) is 9.18. The van der Waals surface area contributed by atoms with Crippen molar-refractivity contribution >= 4 is 11.4 Å². The van der Waals surface area contributed by atoms with Crippen LogP contribution in [0.3, 0.4) is 0 Å². The standard InChI is InChI=1S/C27H35F3N4O3/c28-27(29,30)22-10-8-21(9-11-22)23(32-37-18-12-31)5-2-1-3-13-33-14-16-34(17-15-33)24-6-4-7-25-26(24)36-20-19-35-25/h4,6-11H,1-3,5,12-20,31H2/b32-23+. The number of alkyl halides is 3. The summed E-state index contributed by atoms with van der Waals surface area (Å²) in [6.45, 7) is 6.59. The predicted molar refractivity (Wildman–Crippen MR) is 138 cm³/mol. The van der Waals surface area contributed by atoms with Crippen molar-refractivity contribution in [2.24, 2.45) is 10.9 Å². The van der Waals surface area contributed by atoms with Crippen molar-refractivity contribution in [2.45, 2.75) is 31.9 Å². The molecule has 0 radical (unpaired) electrons. The number of hydrogen-bond acceptors (Lipinski definition) is 7. The molecule has 10 heteroatoms. The van der Waals surface area contributed by atoms with Gasteiger partial charge in [0.05, 0.1) is 17.0 Å². The van der Waals surface area contributed by atoms with Crippen LogP contribution in [0.25, 0.3) is 0 Å². The van der Waals surface area contributed by atoms with E-state index in [9.17, 15) is 13.2 Å². The minimum Gasteiger partial charge on any atom is -0.486 e. The highest BCUT2D eigenvalue weighted by Crippen LogP contribution is 2.39. The number of oxime groups is 1. The summed E-state index contributed by atoms with van der Waals surface area (Å²) in [5.74, 6) is 1.67. The second kappa shape index (κ2) is 13.0. The normalized spacial score (nSPS) is 16.6. The van der Waals surface area contributed by atoms with Gasteiger partial charge in [-0.15, -0.1) is 0 Å². The number of para-hydroxylation sites is 1. The Morgan fingerprint density at radius 3 is 2.43 bits per heavy atom. The Morgan fingerprint density at radius 2 is 1.70 bits per heavy atom. The number of piperazine rings is 1. The van der Waals surface area contributed by atoms with Crippen molar-refractivity contribution in [2.75, 3.05) is 64.0 Å².